The lowest BCUT2D eigenvalue weighted by molar-refractivity contribution is 0.0936. The Bertz CT molecular complexity index is 625. The minimum Gasteiger partial charge on any atom is -0.345 e. The Hall–Kier alpha value is -1.58. The van der Waals surface area contributed by atoms with E-state index in [1.54, 1.807) is 25.1 Å². The van der Waals surface area contributed by atoms with Crippen molar-refractivity contribution in [3.8, 4) is 0 Å². The van der Waals surface area contributed by atoms with E-state index in [4.69, 9.17) is 23.2 Å². The number of benzene rings is 2. The molecule has 2 aromatic rings. The topological polar surface area (TPSA) is 29.1 Å². The van der Waals surface area contributed by atoms with Crippen LogP contribution in [0.25, 0.3) is 0 Å². The fraction of sp³-hybridized carbons (Fsp3) is 0.133. The van der Waals surface area contributed by atoms with Crippen LogP contribution in [-0.2, 0) is 0 Å². The second-order valence-electron chi connectivity index (χ2n) is 4.31. The van der Waals surface area contributed by atoms with Gasteiger partial charge in [-0.1, -0.05) is 47.5 Å². The molecule has 0 aromatic heterocycles. The zero-order chi connectivity index (χ0) is 14.7. The molecule has 1 atom stereocenters. The van der Waals surface area contributed by atoms with Crippen LogP contribution in [-0.4, -0.2) is 5.91 Å². The fourth-order valence-corrected chi connectivity index (χ4v) is 2.44. The van der Waals surface area contributed by atoms with Crippen molar-refractivity contribution in [2.24, 2.45) is 0 Å². The molecule has 0 spiro atoms. The molecule has 1 unspecified atom stereocenters. The van der Waals surface area contributed by atoms with E-state index >= 15 is 0 Å². The van der Waals surface area contributed by atoms with Crippen molar-refractivity contribution in [3.63, 3.8) is 0 Å². The predicted octanol–water partition coefficient (Wildman–Crippen LogP) is 4.62. The second kappa shape index (κ2) is 6.25. The molecule has 0 saturated heterocycles. The molecule has 2 nitrogen and oxygen atoms in total. The molecular weight excluding hydrogens is 300 g/mol. The summed E-state index contributed by atoms with van der Waals surface area (Å²) in [6, 6.07) is 10.9. The van der Waals surface area contributed by atoms with Crippen LogP contribution in [0, 0.1) is 5.82 Å². The number of carbonyl (C=O) groups excluding carboxylic acids is 1. The number of hydrogen-bond acceptors (Lipinski definition) is 1. The standard InChI is InChI=1S/C15H12Cl2FNO/c1-9(10-5-2-3-6-11(10)16)19-15(20)14-12(17)7-4-8-13(14)18/h2-9H,1H3,(H,19,20). The molecular formula is C15H12Cl2FNO. The Morgan fingerprint density at radius 2 is 1.75 bits per heavy atom. The van der Waals surface area contributed by atoms with E-state index < -0.39 is 11.7 Å². The predicted molar refractivity (Wildman–Crippen MR) is 78.7 cm³/mol. The maximum absolute atomic E-state index is 13.7. The van der Waals surface area contributed by atoms with E-state index in [-0.39, 0.29) is 16.6 Å². The van der Waals surface area contributed by atoms with Gasteiger partial charge in [0.25, 0.3) is 5.91 Å². The number of rotatable bonds is 3. The number of halogens is 3. The van der Waals surface area contributed by atoms with E-state index in [2.05, 4.69) is 5.32 Å². The molecule has 1 N–H and O–H groups in total. The summed E-state index contributed by atoms with van der Waals surface area (Å²) in [5.41, 5.74) is 0.600. The maximum atomic E-state index is 13.7. The smallest absolute Gasteiger partial charge is 0.256 e. The van der Waals surface area contributed by atoms with Crippen molar-refractivity contribution in [1.29, 1.82) is 0 Å². The van der Waals surface area contributed by atoms with Gasteiger partial charge in [0.1, 0.15) is 5.82 Å². The van der Waals surface area contributed by atoms with Crippen molar-refractivity contribution in [3.05, 3.63) is 69.5 Å². The van der Waals surface area contributed by atoms with Gasteiger partial charge in [-0.2, -0.15) is 0 Å². The van der Waals surface area contributed by atoms with Crippen molar-refractivity contribution in [1.82, 2.24) is 5.32 Å². The third-order valence-electron chi connectivity index (χ3n) is 2.91. The lowest BCUT2D eigenvalue weighted by Crippen LogP contribution is -2.27. The highest BCUT2D eigenvalue weighted by Crippen LogP contribution is 2.24. The Kier molecular flexibility index (Phi) is 4.63. The van der Waals surface area contributed by atoms with E-state index in [9.17, 15) is 9.18 Å². The second-order valence-corrected chi connectivity index (χ2v) is 5.13. The van der Waals surface area contributed by atoms with Gasteiger partial charge in [0, 0.05) is 5.02 Å². The van der Waals surface area contributed by atoms with E-state index in [1.807, 2.05) is 6.07 Å². The first-order valence-electron chi connectivity index (χ1n) is 6.00. The molecule has 0 heterocycles. The third kappa shape index (κ3) is 3.11. The summed E-state index contributed by atoms with van der Waals surface area (Å²) in [5, 5.41) is 3.31. The number of carbonyl (C=O) groups is 1. The molecule has 0 fully saturated rings. The van der Waals surface area contributed by atoms with Gasteiger partial charge in [-0.05, 0) is 30.7 Å². The molecule has 0 aliphatic heterocycles. The van der Waals surface area contributed by atoms with Crippen LogP contribution < -0.4 is 5.32 Å². The molecule has 104 valence electrons. The average molecular weight is 312 g/mol. The first-order chi connectivity index (χ1) is 9.50. The SMILES string of the molecule is CC(NC(=O)c1c(F)cccc1Cl)c1ccccc1Cl. The van der Waals surface area contributed by atoms with E-state index in [1.165, 1.54) is 18.2 Å². The number of hydrogen-bond donors (Lipinski definition) is 1. The van der Waals surface area contributed by atoms with Crippen molar-refractivity contribution in [2.75, 3.05) is 0 Å². The molecule has 0 saturated carbocycles. The number of nitrogens with one attached hydrogen (secondary N) is 1. The highest BCUT2D eigenvalue weighted by atomic mass is 35.5. The summed E-state index contributed by atoms with van der Waals surface area (Å²) in [4.78, 5) is 12.1. The van der Waals surface area contributed by atoms with Crippen molar-refractivity contribution >= 4 is 29.1 Å². The van der Waals surface area contributed by atoms with E-state index in [0.29, 0.717) is 5.02 Å². The highest BCUT2D eigenvalue weighted by molar-refractivity contribution is 6.34. The Labute approximate surface area is 126 Å². The van der Waals surface area contributed by atoms with Crippen LogP contribution in [0.5, 0.6) is 0 Å². The van der Waals surface area contributed by atoms with Crippen LogP contribution in [0.4, 0.5) is 4.39 Å². The molecule has 2 rings (SSSR count). The maximum Gasteiger partial charge on any atom is 0.256 e. The van der Waals surface area contributed by atoms with Gasteiger partial charge < -0.3 is 5.32 Å². The number of amides is 1. The molecule has 0 bridgehead atoms. The first kappa shape index (κ1) is 14.8. The Balaban J connectivity index is 2.22. The summed E-state index contributed by atoms with van der Waals surface area (Å²) in [5.74, 6) is -1.22. The lowest BCUT2D eigenvalue weighted by Gasteiger charge is -2.16. The largest absolute Gasteiger partial charge is 0.345 e. The van der Waals surface area contributed by atoms with Gasteiger partial charge >= 0.3 is 0 Å². The molecule has 20 heavy (non-hydrogen) atoms. The van der Waals surface area contributed by atoms with Gasteiger partial charge in [0.15, 0.2) is 0 Å². The summed E-state index contributed by atoms with van der Waals surface area (Å²) < 4.78 is 13.7. The zero-order valence-electron chi connectivity index (χ0n) is 10.7. The van der Waals surface area contributed by atoms with Gasteiger partial charge in [-0.25, -0.2) is 4.39 Å². The average Bonchev–Trinajstić information content (AvgIpc) is 2.38. The van der Waals surface area contributed by atoms with Crippen LogP contribution in [0.2, 0.25) is 10.0 Å². The van der Waals surface area contributed by atoms with Gasteiger partial charge in [-0.3, -0.25) is 4.79 Å². The molecule has 0 aliphatic rings. The minimum atomic E-state index is -0.652. The molecule has 0 radical (unpaired) electrons. The highest BCUT2D eigenvalue weighted by Gasteiger charge is 2.19. The Morgan fingerprint density at radius 1 is 1.10 bits per heavy atom. The molecule has 0 aliphatic carbocycles. The fourth-order valence-electron chi connectivity index (χ4n) is 1.89. The quantitative estimate of drug-likeness (QED) is 0.880. The lowest BCUT2D eigenvalue weighted by atomic mass is 10.1. The van der Waals surface area contributed by atoms with Gasteiger partial charge in [0.2, 0.25) is 0 Å². The van der Waals surface area contributed by atoms with E-state index in [0.717, 1.165) is 5.56 Å². The summed E-state index contributed by atoms with van der Waals surface area (Å²) in [6.07, 6.45) is 0. The van der Waals surface area contributed by atoms with Crippen molar-refractivity contribution in [2.45, 2.75) is 13.0 Å². The zero-order valence-corrected chi connectivity index (χ0v) is 12.2. The summed E-state index contributed by atoms with van der Waals surface area (Å²) in [6.45, 7) is 1.77. The van der Waals surface area contributed by atoms with Gasteiger partial charge in [-0.15, -0.1) is 0 Å². The third-order valence-corrected chi connectivity index (χ3v) is 3.57. The normalized spacial score (nSPS) is 12.0. The summed E-state index contributed by atoms with van der Waals surface area (Å²) in [7, 11) is 0. The first-order valence-corrected chi connectivity index (χ1v) is 6.75. The molecule has 1 amide bonds. The van der Waals surface area contributed by atoms with Crippen LogP contribution in [0.3, 0.4) is 0 Å². The minimum absolute atomic E-state index is 0.0776. The molecule has 5 heteroatoms. The Morgan fingerprint density at radius 3 is 2.40 bits per heavy atom. The van der Waals surface area contributed by atoms with Gasteiger partial charge in [0.05, 0.1) is 16.6 Å². The van der Waals surface area contributed by atoms with Crippen LogP contribution in [0.1, 0.15) is 28.9 Å². The van der Waals surface area contributed by atoms with Crippen molar-refractivity contribution < 1.29 is 9.18 Å². The summed E-state index contributed by atoms with van der Waals surface area (Å²) >= 11 is 11.9. The monoisotopic (exact) mass is 311 g/mol. The van der Waals surface area contributed by atoms with Crippen LogP contribution >= 0.6 is 23.2 Å². The van der Waals surface area contributed by atoms with Crippen LogP contribution in [0.15, 0.2) is 42.5 Å². The molecule has 2 aromatic carbocycles.